The van der Waals surface area contributed by atoms with Gasteiger partial charge in [0.1, 0.15) is 24.7 Å². The molecule has 1 aromatic carbocycles. The zero-order chi connectivity index (χ0) is 30.7. The summed E-state index contributed by atoms with van der Waals surface area (Å²) >= 11 is 0. The molecule has 41 heavy (non-hydrogen) atoms. The van der Waals surface area contributed by atoms with E-state index in [0.29, 0.717) is 64.3 Å². The highest BCUT2D eigenvalue weighted by Crippen LogP contribution is 2.44. The van der Waals surface area contributed by atoms with Crippen molar-refractivity contribution in [2.75, 3.05) is 46.8 Å². The fourth-order valence-electron chi connectivity index (χ4n) is 4.70. The molecule has 0 aromatic heterocycles. The lowest BCUT2D eigenvalue weighted by atomic mass is 9.75. The van der Waals surface area contributed by atoms with Gasteiger partial charge in [-0.2, -0.15) is 0 Å². The van der Waals surface area contributed by atoms with E-state index in [1.54, 1.807) is 13.2 Å². The molecule has 0 amide bonds. The first-order valence-corrected chi connectivity index (χ1v) is 15.4. The number of carbonyl (C=O) groups is 2. The van der Waals surface area contributed by atoms with E-state index in [0.717, 1.165) is 43.2 Å². The Morgan fingerprint density at radius 1 is 0.683 bits per heavy atom. The number of methoxy groups -OCH3 is 1. The molecule has 1 N–H and O–H groups in total. The smallest absolute Gasteiger partial charge is 0.305 e. The van der Waals surface area contributed by atoms with Crippen LogP contribution >= 0.6 is 0 Å². The zero-order valence-electron chi connectivity index (χ0n) is 26.8. The van der Waals surface area contributed by atoms with Crippen molar-refractivity contribution in [1.29, 1.82) is 0 Å². The molecule has 0 bridgehead atoms. The Labute approximate surface area is 248 Å². The number of esters is 2. The van der Waals surface area contributed by atoms with Crippen LogP contribution in [0.5, 0.6) is 11.5 Å². The first kappa shape index (κ1) is 36.7. The molecule has 0 spiro atoms. The van der Waals surface area contributed by atoms with Crippen LogP contribution in [-0.4, -0.2) is 63.8 Å². The van der Waals surface area contributed by atoms with Crippen molar-refractivity contribution >= 4 is 11.9 Å². The van der Waals surface area contributed by atoms with Gasteiger partial charge in [-0.15, -0.1) is 0 Å². The Morgan fingerprint density at radius 3 is 1.59 bits per heavy atom. The molecule has 0 aliphatic rings. The second kappa shape index (κ2) is 19.7. The summed E-state index contributed by atoms with van der Waals surface area (Å²) in [6, 6.07) is 3.69. The Kier molecular flexibility index (Phi) is 17.7. The number of phenols is 1. The maximum atomic E-state index is 12.1. The standard InChI is InChI=1S/C33H56O8/c1-8-10-18-38-20-22-40-30(35)14-12-16-32(3,4)26-25-29(37-7)27(24-28(26)34)33(5,6)17-13-15-31(36)41-23-21-39-19-11-9-2/h24-25,34H,8-23H2,1-7H3. The summed E-state index contributed by atoms with van der Waals surface area (Å²) in [6.45, 7) is 15.3. The molecule has 0 heterocycles. The van der Waals surface area contributed by atoms with Gasteiger partial charge in [-0.05, 0) is 61.5 Å². The largest absolute Gasteiger partial charge is 0.508 e. The van der Waals surface area contributed by atoms with E-state index in [2.05, 4.69) is 41.5 Å². The highest BCUT2D eigenvalue weighted by atomic mass is 16.6. The minimum atomic E-state index is -0.381. The third kappa shape index (κ3) is 14.4. The van der Waals surface area contributed by atoms with Crippen LogP contribution in [0.2, 0.25) is 0 Å². The lowest BCUT2D eigenvalue weighted by Gasteiger charge is -2.31. The SMILES string of the molecule is CCCCOCCOC(=O)CCCC(C)(C)c1cc(OC)c(C(C)(C)CCCC(=O)OCCOCCCC)cc1O. The Hall–Kier alpha value is -2.32. The van der Waals surface area contributed by atoms with Gasteiger partial charge in [0, 0.05) is 37.2 Å². The van der Waals surface area contributed by atoms with Crippen molar-refractivity contribution in [3.05, 3.63) is 23.3 Å². The van der Waals surface area contributed by atoms with Crippen molar-refractivity contribution in [2.45, 2.75) is 117 Å². The van der Waals surface area contributed by atoms with E-state index in [4.69, 9.17) is 23.7 Å². The maximum Gasteiger partial charge on any atom is 0.305 e. The number of aromatic hydroxyl groups is 1. The molecule has 0 saturated carbocycles. The summed E-state index contributed by atoms with van der Waals surface area (Å²) in [6.07, 6.45) is 7.51. The van der Waals surface area contributed by atoms with Gasteiger partial charge < -0.3 is 28.8 Å². The lowest BCUT2D eigenvalue weighted by molar-refractivity contribution is -0.146. The van der Waals surface area contributed by atoms with E-state index >= 15 is 0 Å². The van der Waals surface area contributed by atoms with Gasteiger partial charge in [-0.3, -0.25) is 9.59 Å². The van der Waals surface area contributed by atoms with Crippen LogP contribution in [-0.2, 0) is 39.4 Å². The molecule has 0 unspecified atom stereocenters. The fraction of sp³-hybridized carbons (Fsp3) is 0.758. The van der Waals surface area contributed by atoms with Gasteiger partial charge >= 0.3 is 11.9 Å². The quantitative estimate of drug-likeness (QED) is 0.109. The van der Waals surface area contributed by atoms with Gasteiger partial charge in [0.15, 0.2) is 0 Å². The Bertz CT molecular complexity index is 893. The van der Waals surface area contributed by atoms with Crippen molar-refractivity contribution in [1.82, 2.24) is 0 Å². The van der Waals surface area contributed by atoms with Crippen LogP contribution in [0.4, 0.5) is 0 Å². The number of rotatable bonds is 23. The van der Waals surface area contributed by atoms with E-state index in [-0.39, 0.29) is 41.7 Å². The highest BCUT2D eigenvalue weighted by molar-refractivity contribution is 5.69. The Morgan fingerprint density at radius 2 is 1.15 bits per heavy atom. The topological polar surface area (TPSA) is 101 Å². The number of unbranched alkanes of at least 4 members (excludes halogenated alkanes) is 2. The Balaban J connectivity index is 2.64. The first-order valence-electron chi connectivity index (χ1n) is 15.4. The van der Waals surface area contributed by atoms with Gasteiger partial charge in [0.05, 0.1) is 20.3 Å². The molecule has 1 aromatic rings. The van der Waals surface area contributed by atoms with Crippen molar-refractivity contribution in [3.8, 4) is 11.5 Å². The molecular weight excluding hydrogens is 524 g/mol. The normalized spacial score (nSPS) is 11.9. The number of ether oxygens (including phenoxy) is 5. The van der Waals surface area contributed by atoms with E-state index in [1.165, 1.54) is 0 Å². The van der Waals surface area contributed by atoms with Crippen LogP contribution in [0.3, 0.4) is 0 Å². The molecule has 0 saturated heterocycles. The fourth-order valence-corrected chi connectivity index (χ4v) is 4.70. The van der Waals surface area contributed by atoms with Gasteiger partial charge in [-0.1, -0.05) is 54.4 Å². The second-order valence-corrected chi connectivity index (χ2v) is 11.9. The number of hydrogen-bond donors (Lipinski definition) is 1. The molecule has 8 heteroatoms. The lowest BCUT2D eigenvalue weighted by Crippen LogP contribution is -2.22. The van der Waals surface area contributed by atoms with E-state index < -0.39 is 0 Å². The third-order valence-electron chi connectivity index (χ3n) is 7.41. The average molecular weight is 581 g/mol. The molecule has 0 fully saturated rings. The van der Waals surface area contributed by atoms with Crippen LogP contribution in [0.1, 0.15) is 117 Å². The van der Waals surface area contributed by atoms with Crippen molar-refractivity contribution in [2.24, 2.45) is 0 Å². The van der Waals surface area contributed by atoms with Crippen molar-refractivity contribution < 1.29 is 38.4 Å². The number of hydrogen-bond acceptors (Lipinski definition) is 8. The molecule has 8 nitrogen and oxygen atoms in total. The predicted octanol–water partition coefficient (Wildman–Crippen LogP) is 7.02. The molecule has 0 aliphatic carbocycles. The van der Waals surface area contributed by atoms with Gasteiger partial charge in [0.25, 0.3) is 0 Å². The third-order valence-corrected chi connectivity index (χ3v) is 7.41. The molecule has 0 atom stereocenters. The van der Waals surface area contributed by atoms with Crippen molar-refractivity contribution in [3.63, 3.8) is 0 Å². The summed E-state index contributed by atoms with van der Waals surface area (Å²) in [5.41, 5.74) is 0.947. The molecule has 1 rings (SSSR count). The molecule has 236 valence electrons. The summed E-state index contributed by atoms with van der Waals surface area (Å²) < 4.78 is 27.2. The van der Waals surface area contributed by atoms with Crippen LogP contribution < -0.4 is 4.74 Å². The summed E-state index contributed by atoms with van der Waals surface area (Å²) in [7, 11) is 1.63. The minimum absolute atomic E-state index is 0.202. The van der Waals surface area contributed by atoms with Crippen LogP contribution in [0.25, 0.3) is 0 Å². The monoisotopic (exact) mass is 580 g/mol. The number of benzene rings is 1. The van der Waals surface area contributed by atoms with E-state index in [1.807, 2.05) is 6.07 Å². The van der Waals surface area contributed by atoms with Crippen LogP contribution in [0.15, 0.2) is 12.1 Å². The van der Waals surface area contributed by atoms with Gasteiger partial charge in [0.2, 0.25) is 0 Å². The second-order valence-electron chi connectivity index (χ2n) is 11.9. The number of phenolic OH excluding ortho intramolecular Hbond substituents is 1. The maximum absolute atomic E-state index is 12.1. The zero-order valence-corrected chi connectivity index (χ0v) is 26.8. The highest BCUT2D eigenvalue weighted by Gasteiger charge is 2.30. The first-order chi connectivity index (χ1) is 19.5. The summed E-state index contributed by atoms with van der Waals surface area (Å²) in [4.78, 5) is 24.3. The summed E-state index contributed by atoms with van der Waals surface area (Å²) in [5, 5.41) is 11.1. The number of carbonyl (C=O) groups excluding carboxylic acids is 2. The minimum Gasteiger partial charge on any atom is -0.508 e. The van der Waals surface area contributed by atoms with Gasteiger partial charge in [-0.25, -0.2) is 0 Å². The van der Waals surface area contributed by atoms with Crippen LogP contribution in [0, 0.1) is 0 Å². The average Bonchev–Trinajstić information content (AvgIpc) is 2.92. The molecule has 0 aliphatic heterocycles. The van der Waals surface area contributed by atoms with E-state index in [9.17, 15) is 14.7 Å². The predicted molar refractivity (Wildman–Crippen MR) is 162 cm³/mol. The molecule has 0 radical (unpaired) electrons. The summed E-state index contributed by atoms with van der Waals surface area (Å²) in [5.74, 6) is 0.442. The molecular formula is C33H56O8.